The van der Waals surface area contributed by atoms with E-state index in [-0.39, 0.29) is 24.8 Å². The predicted octanol–water partition coefficient (Wildman–Crippen LogP) is 5.24. The number of hydrogen-bond donors (Lipinski definition) is 1. The fourth-order valence-electron chi connectivity index (χ4n) is 3.87. The maximum atomic E-state index is 13.3. The van der Waals surface area contributed by atoms with Crippen LogP contribution in [0.15, 0.2) is 77.8 Å². The summed E-state index contributed by atoms with van der Waals surface area (Å²) in [5.74, 6) is 0.824. The van der Waals surface area contributed by atoms with Crippen molar-refractivity contribution in [3.05, 3.63) is 88.9 Å². The molecule has 1 N–H and O–H groups in total. The molecule has 1 aliphatic rings. The van der Waals surface area contributed by atoms with Gasteiger partial charge in [0.15, 0.2) is 16.7 Å². The van der Waals surface area contributed by atoms with Gasteiger partial charge in [0.25, 0.3) is 0 Å². The number of amidine groups is 1. The number of nitrogens with zero attached hydrogens (tertiary/aromatic N) is 2. The van der Waals surface area contributed by atoms with Crippen molar-refractivity contribution in [2.24, 2.45) is 4.99 Å². The van der Waals surface area contributed by atoms with Gasteiger partial charge >= 0.3 is 0 Å². The van der Waals surface area contributed by atoms with Crippen molar-refractivity contribution in [1.82, 2.24) is 10.2 Å². The Hall–Kier alpha value is -3.49. The molecule has 192 valence electrons. The molecule has 1 atom stereocenters. The van der Waals surface area contributed by atoms with E-state index in [4.69, 9.17) is 26.1 Å². The van der Waals surface area contributed by atoms with Crippen molar-refractivity contribution < 1.29 is 19.1 Å². The highest BCUT2D eigenvalue weighted by molar-refractivity contribution is 8.15. The summed E-state index contributed by atoms with van der Waals surface area (Å²) in [5, 5.41) is 3.45. The third-order valence-corrected chi connectivity index (χ3v) is 7.27. The summed E-state index contributed by atoms with van der Waals surface area (Å²) in [5.41, 5.74) is 2.63. The van der Waals surface area contributed by atoms with Gasteiger partial charge in [-0.1, -0.05) is 59.8 Å². The summed E-state index contributed by atoms with van der Waals surface area (Å²) in [6, 6.07) is 22.5. The standard InChI is InChI=1S/C28H28ClN3O4S/c1-35-23-13-8-20(16-24(23)36-2)18-32-26(33)17-25(27(34)30-15-14-19-6-4-3-5-7-19)37-28(32)31-22-11-9-21(29)10-12-22/h3-13,16,25H,14-15,17-18H2,1-2H3,(H,30,34). The number of amides is 2. The summed E-state index contributed by atoms with van der Waals surface area (Å²) in [6.45, 7) is 0.772. The number of ether oxygens (including phenoxy) is 2. The Morgan fingerprint density at radius 2 is 1.76 bits per heavy atom. The highest BCUT2D eigenvalue weighted by atomic mass is 35.5. The molecular weight excluding hydrogens is 510 g/mol. The molecule has 1 heterocycles. The lowest BCUT2D eigenvalue weighted by molar-refractivity contribution is -0.130. The normalized spacial score (nSPS) is 16.5. The van der Waals surface area contributed by atoms with E-state index in [1.807, 2.05) is 42.5 Å². The number of hydrogen-bond acceptors (Lipinski definition) is 6. The molecule has 0 radical (unpaired) electrons. The number of nitrogens with one attached hydrogen (secondary N) is 1. The molecule has 1 unspecified atom stereocenters. The van der Waals surface area contributed by atoms with Crippen LogP contribution in [0.3, 0.4) is 0 Å². The van der Waals surface area contributed by atoms with Gasteiger partial charge < -0.3 is 14.8 Å². The van der Waals surface area contributed by atoms with E-state index < -0.39 is 5.25 Å². The van der Waals surface area contributed by atoms with Crippen LogP contribution < -0.4 is 14.8 Å². The van der Waals surface area contributed by atoms with Crippen LogP contribution in [-0.2, 0) is 22.6 Å². The number of carbonyl (C=O) groups is 2. The zero-order valence-electron chi connectivity index (χ0n) is 20.6. The molecule has 0 saturated carbocycles. The molecule has 4 rings (SSSR count). The minimum absolute atomic E-state index is 0.0781. The second-order valence-electron chi connectivity index (χ2n) is 8.38. The zero-order valence-corrected chi connectivity index (χ0v) is 22.2. The Kier molecular flexibility index (Phi) is 9.09. The first-order valence-electron chi connectivity index (χ1n) is 11.8. The number of carbonyl (C=O) groups excluding carboxylic acids is 2. The first-order chi connectivity index (χ1) is 18.0. The Bertz CT molecular complexity index is 1270. The minimum Gasteiger partial charge on any atom is -0.493 e. The maximum absolute atomic E-state index is 13.3. The highest BCUT2D eigenvalue weighted by Crippen LogP contribution is 2.33. The summed E-state index contributed by atoms with van der Waals surface area (Å²) in [7, 11) is 3.14. The molecule has 0 aliphatic carbocycles. The largest absolute Gasteiger partial charge is 0.493 e. The van der Waals surface area contributed by atoms with Gasteiger partial charge in [-0.15, -0.1) is 0 Å². The molecule has 37 heavy (non-hydrogen) atoms. The summed E-state index contributed by atoms with van der Waals surface area (Å²) >= 11 is 7.32. The van der Waals surface area contributed by atoms with Crippen LogP contribution in [0.4, 0.5) is 5.69 Å². The second-order valence-corrected chi connectivity index (χ2v) is 9.98. The summed E-state index contributed by atoms with van der Waals surface area (Å²) in [6.07, 6.45) is 0.795. The van der Waals surface area contributed by atoms with Crippen LogP contribution in [0, 0.1) is 0 Å². The molecule has 7 nitrogen and oxygen atoms in total. The van der Waals surface area contributed by atoms with E-state index in [0.717, 1.165) is 17.5 Å². The lowest BCUT2D eigenvalue weighted by atomic mass is 10.1. The maximum Gasteiger partial charge on any atom is 0.234 e. The molecule has 0 bridgehead atoms. The average Bonchev–Trinajstić information content (AvgIpc) is 2.92. The Balaban J connectivity index is 1.52. The van der Waals surface area contributed by atoms with Crippen molar-refractivity contribution in [1.29, 1.82) is 0 Å². The van der Waals surface area contributed by atoms with Gasteiger partial charge in [-0.3, -0.25) is 14.5 Å². The molecule has 0 spiro atoms. The van der Waals surface area contributed by atoms with E-state index in [0.29, 0.717) is 33.9 Å². The molecule has 3 aromatic carbocycles. The van der Waals surface area contributed by atoms with Crippen LogP contribution in [-0.4, -0.2) is 47.9 Å². The number of aliphatic imine (C=N–C) groups is 1. The van der Waals surface area contributed by atoms with Crippen LogP contribution in [0.1, 0.15) is 17.5 Å². The van der Waals surface area contributed by atoms with Gasteiger partial charge in [-0.2, -0.15) is 0 Å². The molecule has 1 saturated heterocycles. The highest BCUT2D eigenvalue weighted by Gasteiger charge is 2.36. The third kappa shape index (κ3) is 7.05. The number of benzene rings is 3. The Morgan fingerprint density at radius 3 is 2.46 bits per heavy atom. The van der Waals surface area contributed by atoms with Gasteiger partial charge in [-0.05, 0) is 53.9 Å². The van der Waals surface area contributed by atoms with Crippen molar-refractivity contribution in [2.75, 3.05) is 20.8 Å². The van der Waals surface area contributed by atoms with Crippen molar-refractivity contribution in [3.63, 3.8) is 0 Å². The molecule has 3 aromatic rings. The quantitative estimate of drug-likeness (QED) is 0.404. The van der Waals surface area contributed by atoms with E-state index in [2.05, 4.69) is 5.32 Å². The van der Waals surface area contributed by atoms with Gasteiger partial charge in [0.05, 0.1) is 31.7 Å². The zero-order chi connectivity index (χ0) is 26.2. The summed E-state index contributed by atoms with van der Waals surface area (Å²) in [4.78, 5) is 32.6. The van der Waals surface area contributed by atoms with Gasteiger partial charge in [0.1, 0.15) is 0 Å². The molecular formula is C28H28ClN3O4S. The molecule has 1 aliphatic heterocycles. The van der Waals surface area contributed by atoms with E-state index >= 15 is 0 Å². The topological polar surface area (TPSA) is 80.2 Å². The molecule has 9 heteroatoms. The lowest BCUT2D eigenvalue weighted by Crippen LogP contribution is -2.46. The number of thioether (sulfide) groups is 1. The first-order valence-corrected chi connectivity index (χ1v) is 13.1. The van der Waals surface area contributed by atoms with Crippen LogP contribution >= 0.6 is 23.4 Å². The van der Waals surface area contributed by atoms with Crippen LogP contribution in [0.25, 0.3) is 0 Å². The second kappa shape index (κ2) is 12.7. The van der Waals surface area contributed by atoms with Crippen molar-refractivity contribution in [3.8, 4) is 11.5 Å². The minimum atomic E-state index is -0.573. The SMILES string of the molecule is COc1ccc(CN2C(=O)CC(C(=O)NCCc3ccccc3)SC2=Nc2ccc(Cl)cc2)cc1OC. The number of halogens is 1. The average molecular weight is 538 g/mol. The summed E-state index contributed by atoms with van der Waals surface area (Å²) < 4.78 is 10.7. The monoisotopic (exact) mass is 537 g/mol. The predicted molar refractivity (Wildman–Crippen MR) is 148 cm³/mol. The van der Waals surface area contributed by atoms with Crippen LogP contribution in [0.5, 0.6) is 11.5 Å². The smallest absolute Gasteiger partial charge is 0.234 e. The Morgan fingerprint density at radius 1 is 1.03 bits per heavy atom. The van der Waals surface area contributed by atoms with E-state index in [9.17, 15) is 9.59 Å². The molecule has 1 fully saturated rings. The number of methoxy groups -OCH3 is 2. The first kappa shape index (κ1) is 26.6. The number of rotatable bonds is 9. The lowest BCUT2D eigenvalue weighted by Gasteiger charge is -2.32. The van der Waals surface area contributed by atoms with Gasteiger partial charge in [0, 0.05) is 18.0 Å². The molecule has 2 amide bonds. The van der Waals surface area contributed by atoms with Gasteiger partial charge in [-0.25, -0.2) is 4.99 Å². The van der Waals surface area contributed by atoms with Crippen molar-refractivity contribution in [2.45, 2.75) is 24.6 Å². The van der Waals surface area contributed by atoms with E-state index in [1.165, 1.54) is 11.8 Å². The van der Waals surface area contributed by atoms with Crippen molar-refractivity contribution >= 4 is 46.0 Å². The van der Waals surface area contributed by atoms with Gasteiger partial charge in [0.2, 0.25) is 11.8 Å². The van der Waals surface area contributed by atoms with Crippen LogP contribution in [0.2, 0.25) is 5.02 Å². The fourth-order valence-corrected chi connectivity index (χ4v) is 5.12. The molecule has 0 aromatic heterocycles. The third-order valence-electron chi connectivity index (χ3n) is 5.83. The fraction of sp³-hybridized carbons (Fsp3) is 0.250. The Labute approximate surface area is 225 Å². The van der Waals surface area contributed by atoms with E-state index in [1.54, 1.807) is 49.5 Å².